The molecule has 3 aromatic rings. The van der Waals surface area contributed by atoms with Crippen molar-refractivity contribution in [1.29, 1.82) is 5.26 Å². The van der Waals surface area contributed by atoms with Gasteiger partial charge in [-0.3, -0.25) is 14.8 Å². The molecular weight excluding hydrogens is 434 g/mol. The molecule has 0 aromatic heterocycles. The Bertz CT molecular complexity index is 1330. The van der Waals surface area contributed by atoms with Crippen LogP contribution in [0.2, 0.25) is 0 Å². The summed E-state index contributed by atoms with van der Waals surface area (Å²) in [5, 5.41) is 25.3. The Morgan fingerprint density at radius 1 is 0.969 bits per heavy atom. The summed E-state index contributed by atoms with van der Waals surface area (Å²) >= 11 is 0. The fourth-order valence-electron chi connectivity index (χ4n) is 2.84. The number of sulfonamides is 1. The van der Waals surface area contributed by atoms with Gasteiger partial charge in [0.1, 0.15) is 0 Å². The van der Waals surface area contributed by atoms with Gasteiger partial charge in [0.25, 0.3) is 15.7 Å². The van der Waals surface area contributed by atoms with Gasteiger partial charge in [0, 0.05) is 6.07 Å². The van der Waals surface area contributed by atoms with Gasteiger partial charge >= 0.3 is 6.03 Å². The molecule has 0 saturated heterocycles. The van der Waals surface area contributed by atoms with E-state index in [1.165, 1.54) is 55.5 Å². The first-order chi connectivity index (χ1) is 15.2. The molecule has 2 amide bonds. The maximum atomic E-state index is 12.7. The van der Waals surface area contributed by atoms with Crippen LogP contribution in [-0.4, -0.2) is 19.4 Å². The van der Waals surface area contributed by atoms with E-state index in [2.05, 4.69) is 15.4 Å². The normalized spacial score (nSPS) is 10.6. The van der Waals surface area contributed by atoms with Gasteiger partial charge in [0.15, 0.2) is 0 Å². The minimum Gasteiger partial charge on any atom is -0.307 e. The third-order valence-corrected chi connectivity index (χ3v) is 5.83. The van der Waals surface area contributed by atoms with E-state index >= 15 is 0 Å². The van der Waals surface area contributed by atoms with Crippen molar-refractivity contribution in [3.8, 4) is 6.07 Å². The summed E-state index contributed by atoms with van der Waals surface area (Å²) in [7, 11) is -3.98. The molecule has 3 aromatic carbocycles. The Morgan fingerprint density at radius 2 is 1.66 bits per heavy atom. The molecule has 0 fully saturated rings. The lowest BCUT2D eigenvalue weighted by Crippen LogP contribution is -2.22. The average Bonchev–Trinajstić information content (AvgIpc) is 2.76. The summed E-state index contributed by atoms with van der Waals surface area (Å²) in [6.45, 7) is 1.49. The van der Waals surface area contributed by atoms with Crippen molar-refractivity contribution in [2.75, 3.05) is 15.4 Å². The van der Waals surface area contributed by atoms with E-state index in [0.29, 0.717) is 0 Å². The van der Waals surface area contributed by atoms with Crippen LogP contribution >= 0.6 is 0 Å². The van der Waals surface area contributed by atoms with E-state index in [1.54, 1.807) is 18.2 Å². The van der Waals surface area contributed by atoms with Gasteiger partial charge in [0.2, 0.25) is 0 Å². The third-order valence-electron chi connectivity index (χ3n) is 4.44. The highest BCUT2D eigenvalue weighted by atomic mass is 32.2. The van der Waals surface area contributed by atoms with E-state index in [4.69, 9.17) is 5.26 Å². The molecule has 0 unspecified atom stereocenters. The van der Waals surface area contributed by atoms with Gasteiger partial charge in [-0.25, -0.2) is 13.2 Å². The molecule has 10 nitrogen and oxygen atoms in total. The quantitative estimate of drug-likeness (QED) is 0.376. The van der Waals surface area contributed by atoms with Crippen molar-refractivity contribution in [2.24, 2.45) is 0 Å². The lowest BCUT2D eigenvalue weighted by atomic mass is 10.1. The fourth-order valence-corrected chi connectivity index (χ4v) is 3.93. The van der Waals surface area contributed by atoms with E-state index in [1.807, 2.05) is 6.07 Å². The number of nitriles is 1. The second kappa shape index (κ2) is 9.15. The maximum absolute atomic E-state index is 12.7. The number of nitrogens with zero attached hydrogens (tertiary/aromatic N) is 2. The molecule has 162 valence electrons. The van der Waals surface area contributed by atoms with E-state index < -0.39 is 21.0 Å². The van der Waals surface area contributed by atoms with E-state index in [0.717, 1.165) is 0 Å². The average molecular weight is 451 g/mol. The first-order valence-electron chi connectivity index (χ1n) is 9.15. The van der Waals surface area contributed by atoms with Crippen LogP contribution in [-0.2, 0) is 10.0 Å². The van der Waals surface area contributed by atoms with Gasteiger partial charge < -0.3 is 10.6 Å². The summed E-state index contributed by atoms with van der Waals surface area (Å²) in [5.74, 6) is 0. The van der Waals surface area contributed by atoms with Gasteiger partial charge in [0.05, 0.1) is 44.1 Å². The molecule has 0 aliphatic heterocycles. The predicted molar refractivity (Wildman–Crippen MR) is 119 cm³/mol. The number of anilines is 3. The maximum Gasteiger partial charge on any atom is 0.323 e. The summed E-state index contributed by atoms with van der Waals surface area (Å²) < 4.78 is 27.8. The van der Waals surface area contributed by atoms with Gasteiger partial charge in [-0.15, -0.1) is 0 Å². The number of nitro groups is 1. The van der Waals surface area contributed by atoms with Crippen LogP contribution in [0.4, 0.5) is 27.5 Å². The van der Waals surface area contributed by atoms with Crippen molar-refractivity contribution >= 4 is 38.8 Å². The molecule has 0 saturated carbocycles. The third kappa shape index (κ3) is 5.00. The van der Waals surface area contributed by atoms with E-state index in [9.17, 15) is 23.3 Å². The Hall–Kier alpha value is -4.43. The van der Waals surface area contributed by atoms with Crippen molar-refractivity contribution in [1.82, 2.24) is 0 Å². The highest BCUT2D eigenvalue weighted by Gasteiger charge is 2.19. The smallest absolute Gasteiger partial charge is 0.307 e. The summed E-state index contributed by atoms with van der Waals surface area (Å²) in [5.41, 5.74) is 0.575. The minimum absolute atomic E-state index is 0.00461. The first kappa shape index (κ1) is 22.3. The Kier molecular flexibility index (Phi) is 6.37. The molecule has 0 bridgehead atoms. The lowest BCUT2D eigenvalue weighted by molar-refractivity contribution is -0.385. The highest BCUT2D eigenvalue weighted by molar-refractivity contribution is 7.92. The molecule has 3 rings (SSSR count). The van der Waals surface area contributed by atoms with Crippen molar-refractivity contribution in [2.45, 2.75) is 11.8 Å². The highest BCUT2D eigenvalue weighted by Crippen LogP contribution is 2.28. The van der Waals surface area contributed by atoms with Crippen LogP contribution < -0.4 is 15.4 Å². The number of carbonyl (C=O) groups excluding carboxylic acids is 1. The number of hydrogen-bond acceptors (Lipinski definition) is 6. The first-order valence-corrected chi connectivity index (χ1v) is 10.6. The zero-order valence-electron chi connectivity index (χ0n) is 16.7. The van der Waals surface area contributed by atoms with Crippen LogP contribution in [0.25, 0.3) is 0 Å². The fraction of sp³-hybridized carbons (Fsp3) is 0.0476. The van der Waals surface area contributed by atoms with Crippen LogP contribution in [0.3, 0.4) is 0 Å². The summed E-state index contributed by atoms with van der Waals surface area (Å²) in [6.07, 6.45) is 0. The molecule has 0 heterocycles. The molecular formula is C21H17N5O5S. The van der Waals surface area contributed by atoms with Crippen molar-refractivity contribution < 1.29 is 18.1 Å². The zero-order chi connectivity index (χ0) is 23.3. The number of nitrogens with one attached hydrogen (secondary N) is 3. The number of carbonyl (C=O) groups is 1. The minimum atomic E-state index is -3.98. The zero-order valence-corrected chi connectivity index (χ0v) is 17.5. The number of rotatable bonds is 6. The molecule has 32 heavy (non-hydrogen) atoms. The van der Waals surface area contributed by atoms with Gasteiger partial charge in [-0.2, -0.15) is 5.26 Å². The van der Waals surface area contributed by atoms with Gasteiger partial charge in [-0.05, 0) is 43.3 Å². The number of benzene rings is 3. The number of urea groups is 1. The van der Waals surface area contributed by atoms with Crippen LogP contribution in [0, 0.1) is 28.4 Å². The SMILES string of the molecule is Cc1c(NC(=O)Nc2ccc(C#N)cc2NS(=O)(=O)c2ccccc2)cccc1[N+](=O)[O-]. The summed E-state index contributed by atoms with van der Waals surface area (Å²) in [4.78, 5) is 23.1. The van der Waals surface area contributed by atoms with Crippen LogP contribution in [0.1, 0.15) is 11.1 Å². The van der Waals surface area contributed by atoms with Crippen LogP contribution in [0.5, 0.6) is 0 Å². The Labute approximate surface area is 183 Å². The van der Waals surface area contributed by atoms with E-state index in [-0.39, 0.29) is 38.8 Å². The Balaban J connectivity index is 1.87. The Morgan fingerprint density at radius 3 is 2.31 bits per heavy atom. The lowest BCUT2D eigenvalue weighted by Gasteiger charge is -2.15. The molecule has 0 radical (unpaired) electrons. The monoisotopic (exact) mass is 451 g/mol. The molecule has 0 aliphatic rings. The molecule has 11 heteroatoms. The van der Waals surface area contributed by atoms with Gasteiger partial charge in [-0.1, -0.05) is 24.3 Å². The molecule has 0 aliphatic carbocycles. The number of amides is 2. The van der Waals surface area contributed by atoms with Crippen molar-refractivity contribution in [3.05, 3.63) is 88.0 Å². The summed E-state index contributed by atoms with van der Waals surface area (Å²) in [6, 6.07) is 17.1. The second-order valence-corrected chi connectivity index (χ2v) is 8.26. The van der Waals surface area contributed by atoms with Crippen LogP contribution in [0.15, 0.2) is 71.6 Å². The number of hydrogen-bond donors (Lipinski definition) is 3. The molecule has 0 atom stereocenters. The molecule has 0 spiro atoms. The molecule has 3 N–H and O–H groups in total. The topological polar surface area (TPSA) is 154 Å². The van der Waals surface area contributed by atoms with Crippen molar-refractivity contribution in [3.63, 3.8) is 0 Å². The second-order valence-electron chi connectivity index (χ2n) is 6.58. The number of nitro benzene ring substituents is 1. The standard InChI is InChI=1S/C21H17N5O5S/c1-14-17(8-5-9-20(14)26(28)29)23-21(27)24-18-11-10-15(13-22)12-19(18)25-32(30,31)16-6-3-2-4-7-16/h2-12,25H,1H3,(H2,23,24,27). The predicted octanol–water partition coefficient (Wildman–Crippen LogP) is 4.22. The largest absolute Gasteiger partial charge is 0.323 e.